The lowest BCUT2D eigenvalue weighted by Gasteiger charge is -2.10. The third kappa shape index (κ3) is 5.92. The molecule has 0 saturated heterocycles. The normalized spacial score (nSPS) is 11.9. The van der Waals surface area contributed by atoms with Gasteiger partial charge in [-0.15, -0.1) is 0 Å². The summed E-state index contributed by atoms with van der Waals surface area (Å²) >= 11 is 6.21. The monoisotopic (exact) mass is 419 g/mol. The Bertz CT molecular complexity index is 952. The molecule has 1 aromatic carbocycles. The van der Waals surface area contributed by atoms with Crippen LogP contribution in [0.3, 0.4) is 0 Å². The smallest absolute Gasteiger partial charge is 0.413 e. The van der Waals surface area contributed by atoms with Gasteiger partial charge in [0.15, 0.2) is 6.10 Å². The van der Waals surface area contributed by atoms with Crippen molar-refractivity contribution >= 4 is 35.6 Å². The van der Waals surface area contributed by atoms with Crippen LogP contribution in [-0.4, -0.2) is 41.0 Å². The number of carbonyl (C=O) groups is 3. The number of amides is 2. The number of nitrogens with one attached hydrogen (secondary N) is 1. The molecule has 1 aromatic heterocycles. The Morgan fingerprint density at radius 1 is 1.28 bits per heavy atom. The first-order valence-electron chi connectivity index (χ1n) is 8.77. The average molecular weight is 420 g/mol. The second-order valence-corrected chi connectivity index (χ2v) is 6.63. The number of nitrogens with zero attached hydrogens (tertiary/aromatic N) is 2. The molecular weight excluding hydrogens is 398 g/mol. The zero-order chi connectivity index (χ0) is 21.6. The number of hydrogen-bond donors (Lipinski definition) is 1. The number of rotatable bonds is 6. The molecule has 0 unspecified atom stereocenters. The summed E-state index contributed by atoms with van der Waals surface area (Å²) in [4.78, 5) is 34.7. The second kappa shape index (κ2) is 9.88. The van der Waals surface area contributed by atoms with Gasteiger partial charge in [-0.2, -0.15) is 5.10 Å². The maximum atomic E-state index is 12.0. The van der Waals surface area contributed by atoms with E-state index >= 15 is 0 Å². The Morgan fingerprint density at radius 2 is 1.97 bits per heavy atom. The first-order valence-corrected chi connectivity index (χ1v) is 9.15. The summed E-state index contributed by atoms with van der Waals surface area (Å²) < 4.78 is 11.1. The van der Waals surface area contributed by atoms with Crippen LogP contribution in [0.25, 0.3) is 6.08 Å². The lowest BCUT2D eigenvalue weighted by Crippen LogP contribution is -2.39. The molecule has 1 atom stereocenters. The zero-order valence-electron chi connectivity index (χ0n) is 16.6. The molecule has 8 nitrogen and oxygen atoms in total. The predicted octanol–water partition coefficient (Wildman–Crippen LogP) is 3.03. The van der Waals surface area contributed by atoms with E-state index in [1.165, 1.54) is 13.0 Å². The molecule has 1 N–H and O–H groups in total. The fraction of sp³-hybridized carbons (Fsp3) is 0.300. The van der Waals surface area contributed by atoms with Crippen molar-refractivity contribution in [2.45, 2.75) is 33.4 Å². The van der Waals surface area contributed by atoms with Crippen LogP contribution in [-0.2, 0) is 25.6 Å². The number of aromatic nitrogens is 2. The van der Waals surface area contributed by atoms with E-state index in [2.05, 4.69) is 9.84 Å². The van der Waals surface area contributed by atoms with Crippen LogP contribution in [0.15, 0.2) is 30.3 Å². The van der Waals surface area contributed by atoms with Crippen LogP contribution in [0.1, 0.15) is 29.4 Å². The predicted molar refractivity (Wildman–Crippen MR) is 107 cm³/mol. The molecule has 0 saturated carbocycles. The number of ether oxygens (including phenoxy) is 2. The number of carbonyl (C=O) groups excluding carboxylic acids is 3. The number of hydrogen-bond acceptors (Lipinski definition) is 6. The van der Waals surface area contributed by atoms with Gasteiger partial charge in [0.2, 0.25) is 0 Å². The lowest BCUT2D eigenvalue weighted by molar-refractivity contribution is -0.149. The SMILES string of the molecule is COC(=O)NC(=O)[C@@H](C)OC(=O)/C=C/c1c(C)nn(Cc2ccccc2Cl)c1C. The van der Waals surface area contributed by atoms with Crippen LogP contribution >= 0.6 is 11.6 Å². The number of esters is 1. The Kier molecular flexibility index (Phi) is 7.55. The van der Waals surface area contributed by atoms with Crippen molar-refractivity contribution in [3.05, 3.63) is 57.9 Å². The van der Waals surface area contributed by atoms with Gasteiger partial charge in [0.25, 0.3) is 5.91 Å². The molecule has 9 heteroatoms. The highest BCUT2D eigenvalue weighted by molar-refractivity contribution is 6.31. The molecule has 29 heavy (non-hydrogen) atoms. The Balaban J connectivity index is 2.06. The van der Waals surface area contributed by atoms with Gasteiger partial charge in [-0.25, -0.2) is 9.59 Å². The summed E-state index contributed by atoms with van der Waals surface area (Å²) in [5.74, 6) is -1.51. The molecule has 2 aromatic rings. The molecule has 0 spiro atoms. The van der Waals surface area contributed by atoms with E-state index in [0.29, 0.717) is 11.6 Å². The van der Waals surface area contributed by atoms with Gasteiger partial charge >= 0.3 is 12.1 Å². The van der Waals surface area contributed by atoms with E-state index in [9.17, 15) is 14.4 Å². The van der Waals surface area contributed by atoms with Crippen molar-refractivity contribution < 1.29 is 23.9 Å². The quantitative estimate of drug-likeness (QED) is 0.570. The minimum atomic E-state index is -1.16. The third-order valence-corrected chi connectivity index (χ3v) is 4.54. The average Bonchev–Trinajstić information content (AvgIpc) is 2.94. The highest BCUT2D eigenvalue weighted by atomic mass is 35.5. The highest BCUT2D eigenvalue weighted by Gasteiger charge is 2.19. The van der Waals surface area contributed by atoms with Gasteiger partial charge in [0.05, 0.1) is 19.3 Å². The van der Waals surface area contributed by atoms with Gasteiger partial charge in [0, 0.05) is 22.4 Å². The standard InChI is InChI=1S/C20H22ClN3O5/c1-12-16(9-10-18(25)29-14(3)19(26)22-20(27)28-4)13(2)24(23-12)11-15-7-5-6-8-17(15)21/h5-10,14H,11H2,1-4H3,(H,22,26,27)/b10-9+/t14-/m1/s1. The second-order valence-electron chi connectivity index (χ2n) is 6.23. The van der Waals surface area contributed by atoms with Crippen LogP contribution in [0.4, 0.5) is 4.79 Å². The van der Waals surface area contributed by atoms with E-state index < -0.39 is 24.1 Å². The molecule has 2 amide bonds. The number of imide groups is 1. The van der Waals surface area contributed by atoms with Gasteiger partial charge in [-0.1, -0.05) is 29.8 Å². The van der Waals surface area contributed by atoms with E-state index in [1.807, 2.05) is 43.4 Å². The van der Waals surface area contributed by atoms with Crippen molar-refractivity contribution in [1.82, 2.24) is 15.1 Å². The first-order chi connectivity index (χ1) is 13.7. The molecule has 0 aliphatic rings. The molecule has 0 bridgehead atoms. The van der Waals surface area contributed by atoms with Crippen LogP contribution in [0.2, 0.25) is 5.02 Å². The van der Waals surface area contributed by atoms with Crippen molar-refractivity contribution in [2.24, 2.45) is 0 Å². The number of aryl methyl sites for hydroxylation is 1. The number of methoxy groups -OCH3 is 1. The minimum absolute atomic E-state index is 0.495. The van der Waals surface area contributed by atoms with E-state index in [1.54, 1.807) is 10.8 Å². The summed E-state index contributed by atoms with van der Waals surface area (Å²) in [7, 11) is 1.12. The highest BCUT2D eigenvalue weighted by Crippen LogP contribution is 2.20. The number of halogens is 1. The van der Waals surface area contributed by atoms with Gasteiger partial charge in [0.1, 0.15) is 0 Å². The maximum Gasteiger partial charge on any atom is 0.413 e. The fourth-order valence-corrected chi connectivity index (χ4v) is 2.76. The number of alkyl carbamates (subject to hydrolysis) is 1. The van der Waals surface area contributed by atoms with Gasteiger partial charge in [-0.05, 0) is 38.5 Å². The molecule has 1 heterocycles. The number of benzene rings is 1. The van der Waals surface area contributed by atoms with Gasteiger partial charge in [-0.3, -0.25) is 14.8 Å². The van der Waals surface area contributed by atoms with Crippen LogP contribution < -0.4 is 5.32 Å². The molecule has 0 aliphatic heterocycles. The maximum absolute atomic E-state index is 12.0. The third-order valence-electron chi connectivity index (χ3n) is 4.17. The van der Waals surface area contributed by atoms with E-state index in [4.69, 9.17) is 16.3 Å². The topological polar surface area (TPSA) is 99.5 Å². The molecule has 0 radical (unpaired) electrons. The molecule has 0 aliphatic carbocycles. The lowest BCUT2D eigenvalue weighted by atomic mass is 10.1. The van der Waals surface area contributed by atoms with E-state index in [0.717, 1.165) is 29.6 Å². The van der Waals surface area contributed by atoms with Crippen molar-refractivity contribution in [3.8, 4) is 0 Å². The summed E-state index contributed by atoms with van der Waals surface area (Å²) in [6.45, 7) is 5.55. The van der Waals surface area contributed by atoms with Crippen molar-refractivity contribution in [2.75, 3.05) is 7.11 Å². The molecular formula is C20H22ClN3O5. The summed E-state index contributed by atoms with van der Waals surface area (Å²) in [6, 6.07) is 7.50. The Labute approximate surface area is 173 Å². The van der Waals surface area contributed by atoms with E-state index in [-0.39, 0.29) is 0 Å². The van der Waals surface area contributed by atoms with Gasteiger partial charge < -0.3 is 9.47 Å². The molecule has 2 rings (SSSR count). The Morgan fingerprint density at radius 3 is 2.62 bits per heavy atom. The molecule has 0 fully saturated rings. The molecule has 154 valence electrons. The first kappa shape index (κ1) is 22.2. The summed E-state index contributed by atoms with van der Waals surface area (Å²) in [5, 5.41) is 7.08. The summed E-state index contributed by atoms with van der Waals surface area (Å²) in [6.07, 6.45) is 0.703. The van der Waals surface area contributed by atoms with Crippen LogP contribution in [0.5, 0.6) is 0 Å². The van der Waals surface area contributed by atoms with Crippen molar-refractivity contribution in [3.63, 3.8) is 0 Å². The summed E-state index contributed by atoms with van der Waals surface area (Å²) in [5.41, 5.74) is 3.28. The Hall–Kier alpha value is -3.13. The van der Waals surface area contributed by atoms with Crippen LogP contribution in [0, 0.1) is 13.8 Å². The largest absolute Gasteiger partial charge is 0.453 e. The minimum Gasteiger partial charge on any atom is -0.453 e. The fourth-order valence-electron chi connectivity index (χ4n) is 2.57. The van der Waals surface area contributed by atoms with Crippen molar-refractivity contribution in [1.29, 1.82) is 0 Å². The zero-order valence-corrected chi connectivity index (χ0v) is 17.3.